The predicted octanol–water partition coefficient (Wildman–Crippen LogP) is 13.2. The summed E-state index contributed by atoms with van der Waals surface area (Å²) in [7, 11) is 0. The van der Waals surface area contributed by atoms with Crippen LogP contribution in [0.3, 0.4) is 0 Å². The number of hydrogen-bond donors (Lipinski definition) is 0. The highest BCUT2D eigenvalue weighted by atomic mass is 16.6. The molecule has 3 rings (SSSR count). The fourth-order valence-corrected chi connectivity index (χ4v) is 7.08. The number of unbranched alkanes of at least 4 members (excludes halogenated alkanes) is 12. The zero-order valence-electron chi connectivity index (χ0n) is 38.2. The van der Waals surface area contributed by atoms with E-state index in [4.69, 9.17) is 28.4 Å². The molecule has 0 spiro atoms. The molecule has 0 aliphatic rings. The summed E-state index contributed by atoms with van der Waals surface area (Å²) >= 11 is 0. The molecule has 0 aliphatic heterocycles. The molecule has 0 N–H and O–H groups in total. The first-order chi connectivity index (χ1) is 30.6. The van der Waals surface area contributed by atoms with Gasteiger partial charge in [-0.3, -0.25) is 0 Å². The van der Waals surface area contributed by atoms with Crippen molar-refractivity contribution in [3.05, 3.63) is 109 Å². The lowest BCUT2D eigenvalue weighted by atomic mass is 10.0. The molecule has 3 aromatic rings. The summed E-state index contributed by atoms with van der Waals surface area (Å²) in [6.45, 7) is 14.3. The molecule has 0 amide bonds. The van der Waals surface area contributed by atoms with Gasteiger partial charge in [-0.2, -0.15) is 0 Å². The smallest absolute Gasteiger partial charge is 0.343 e. The van der Waals surface area contributed by atoms with Crippen LogP contribution in [0.5, 0.6) is 23.0 Å². The topological polar surface area (TPSA) is 124 Å². The Labute approximate surface area is 376 Å². The Morgan fingerprint density at radius 3 is 1.27 bits per heavy atom. The second-order valence-corrected chi connectivity index (χ2v) is 16.1. The average molecular weight is 869 g/mol. The molecule has 10 heteroatoms. The van der Waals surface area contributed by atoms with E-state index in [9.17, 15) is 19.2 Å². The molecule has 0 heterocycles. The third kappa shape index (κ3) is 22.0. The van der Waals surface area contributed by atoms with E-state index in [2.05, 4.69) is 27.0 Å². The highest BCUT2D eigenvalue weighted by Gasteiger charge is 2.16. The molecule has 3 aromatic carbocycles. The maximum atomic E-state index is 13.0. The largest absolute Gasteiger partial charge is 0.494 e. The summed E-state index contributed by atoms with van der Waals surface area (Å²) in [4.78, 5) is 49.5. The van der Waals surface area contributed by atoms with Crippen molar-refractivity contribution in [1.29, 1.82) is 0 Å². The predicted molar refractivity (Wildman–Crippen MR) is 249 cm³/mol. The van der Waals surface area contributed by atoms with Crippen molar-refractivity contribution in [2.45, 2.75) is 161 Å². The zero-order valence-corrected chi connectivity index (χ0v) is 38.2. The van der Waals surface area contributed by atoms with Crippen LogP contribution in [-0.4, -0.2) is 49.3 Å². The van der Waals surface area contributed by atoms with Crippen molar-refractivity contribution >= 4 is 23.9 Å². The lowest BCUT2D eigenvalue weighted by Gasteiger charge is -2.17. The summed E-state index contributed by atoms with van der Waals surface area (Å²) in [6.07, 6.45) is 22.9. The van der Waals surface area contributed by atoms with Gasteiger partial charge in [0.25, 0.3) is 0 Å². The fourth-order valence-electron chi connectivity index (χ4n) is 7.08. The summed E-state index contributed by atoms with van der Waals surface area (Å²) < 4.78 is 34.2. The lowest BCUT2D eigenvalue weighted by Crippen LogP contribution is -2.17. The zero-order chi connectivity index (χ0) is 45.5. The number of rotatable bonds is 34. The Balaban J connectivity index is 1.35. The number of aryl methyl sites for hydroxylation is 1. The van der Waals surface area contributed by atoms with Crippen molar-refractivity contribution in [2.24, 2.45) is 0 Å². The summed E-state index contributed by atoms with van der Waals surface area (Å²) in [5, 5.41) is 0. The normalized spacial score (nSPS) is 11.8. The highest BCUT2D eigenvalue weighted by Crippen LogP contribution is 2.26. The standard InChI is InChI=1S/C53H72O10/c1-6-10-12-14-18-24-46(60-50(54)8-3)26-20-16-22-38-58-44-32-28-42(29-33-44)52(56)62-48-36-37-49(41(5)40-48)63-53(57)43-30-34-45(35-31-43)59-39-23-17-21-27-47(61-51(55)9-4)25-19-15-13-11-7-2/h8-9,28-37,40,46-47H,3-4,6-7,10-27,38-39H2,1-2,5H3. The lowest BCUT2D eigenvalue weighted by molar-refractivity contribution is -0.144. The third-order valence-electron chi connectivity index (χ3n) is 10.8. The second kappa shape index (κ2) is 31.5. The van der Waals surface area contributed by atoms with Gasteiger partial charge >= 0.3 is 23.9 Å². The van der Waals surface area contributed by atoms with Crippen LogP contribution < -0.4 is 18.9 Å². The van der Waals surface area contributed by atoms with Gasteiger partial charge in [0, 0.05) is 12.2 Å². The van der Waals surface area contributed by atoms with Crippen LogP contribution in [-0.2, 0) is 19.1 Å². The molecule has 0 radical (unpaired) electrons. The Morgan fingerprint density at radius 2 is 0.873 bits per heavy atom. The Bertz CT molecular complexity index is 1800. The molecule has 0 fully saturated rings. The molecule has 0 aromatic heterocycles. The first-order valence-electron chi connectivity index (χ1n) is 23.3. The van der Waals surface area contributed by atoms with Crippen LogP contribution >= 0.6 is 0 Å². The Kier molecular flexibility index (Phi) is 25.9. The number of esters is 4. The minimum Gasteiger partial charge on any atom is -0.494 e. The molecule has 2 atom stereocenters. The highest BCUT2D eigenvalue weighted by molar-refractivity contribution is 5.92. The number of hydrogen-bond acceptors (Lipinski definition) is 10. The van der Waals surface area contributed by atoms with Crippen LogP contribution in [0.15, 0.2) is 92.0 Å². The molecule has 0 aliphatic carbocycles. The number of ether oxygens (including phenoxy) is 6. The van der Waals surface area contributed by atoms with Gasteiger partial charge in [0.15, 0.2) is 0 Å². The Hall–Kier alpha value is -5.38. The quantitative estimate of drug-likeness (QED) is 0.0248. The van der Waals surface area contributed by atoms with Gasteiger partial charge in [-0.05, 0) is 156 Å². The molecule has 2 unspecified atom stereocenters. The second-order valence-electron chi connectivity index (χ2n) is 16.1. The van der Waals surface area contributed by atoms with Crippen LogP contribution in [0.25, 0.3) is 0 Å². The van der Waals surface area contributed by atoms with Crippen LogP contribution in [0, 0.1) is 6.92 Å². The van der Waals surface area contributed by atoms with E-state index in [0.717, 1.165) is 89.9 Å². The van der Waals surface area contributed by atoms with E-state index in [-0.39, 0.29) is 24.1 Å². The van der Waals surface area contributed by atoms with E-state index in [1.54, 1.807) is 73.7 Å². The van der Waals surface area contributed by atoms with Crippen LogP contribution in [0.2, 0.25) is 0 Å². The molecular formula is C53H72O10. The minimum atomic E-state index is -0.520. The molecular weight excluding hydrogens is 797 g/mol. The van der Waals surface area contributed by atoms with Gasteiger partial charge in [-0.25, -0.2) is 19.2 Å². The van der Waals surface area contributed by atoms with Gasteiger partial charge in [0.1, 0.15) is 35.2 Å². The summed E-state index contributed by atoms with van der Waals surface area (Å²) in [5.74, 6) is 0.240. The number of carbonyl (C=O) groups excluding carboxylic acids is 4. The van der Waals surface area contributed by atoms with Gasteiger partial charge in [0.2, 0.25) is 0 Å². The molecule has 0 bridgehead atoms. The number of carbonyl (C=O) groups is 4. The van der Waals surface area contributed by atoms with Crippen molar-refractivity contribution < 1.29 is 47.6 Å². The van der Waals surface area contributed by atoms with Crippen molar-refractivity contribution in [3.63, 3.8) is 0 Å². The van der Waals surface area contributed by atoms with E-state index in [1.807, 2.05) is 0 Å². The van der Waals surface area contributed by atoms with Crippen LogP contribution in [0.1, 0.15) is 169 Å². The Morgan fingerprint density at radius 1 is 0.492 bits per heavy atom. The molecule has 0 saturated heterocycles. The maximum Gasteiger partial charge on any atom is 0.343 e. The van der Waals surface area contributed by atoms with Gasteiger partial charge < -0.3 is 28.4 Å². The van der Waals surface area contributed by atoms with Gasteiger partial charge in [-0.15, -0.1) is 0 Å². The molecule has 0 saturated carbocycles. The third-order valence-corrected chi connectivity index (χ3v) is 10.8. The molecule has 10 nitrogen and oxygen atoms in total. The monoisotopic (exact) mass is 869 g/mol. The average Bonchev–Trinajstić information content (AvgIpc) is 3.29. The van der Waals surface area contributed by atoms with Crippen molar-refractivity contribution in [2.75, 3.05) is 13.2 Å². The SMILES string of the molecule is C=CC(=O)OC(CCCCCCC)CCCCCOc1ccc(C(=O)Oc2ccc(OC(=O)c3ccc(OCCCCCC(CCCCCCC)OC(=O)C=C)cc3)c(C)c2)cc1. The van der Waals surface area contributed by atoms with E-state index >= 15 is 0 Å². The van der Waals surface area contributed by atoms with Gasteiger partial charge in [-0.1, -0.05) is 78.4 Å². The van der Waals surface area contributed by atoms with Crippen molar-refractivity contribution in [3.8, 4) is 23.0 Å². The minimum absolute atomic E-state index is 0.0763. The van der Waals surface area contributed by atoms with E-state index in [1.165, 1.54) is 50.7 Å². The van der Waals surface area contributed by atoms with E-state index < -0.39 is 11.9 Å². The van der Waals surface area contributed by atoms with Crippen LogP contribution in [0.4, 0.5) is 0 Å². The molecule has 344 valence electrons. The number of benzene rings is 3. The van der Waals surface area contributed by atoms with Crippen molar-refractivity contribution in [1.82, 2.24) is 0 Å². The van der Waals surface area contributed by atoms with E-state index in [0.29, 0.717) is 52.9 Å². The first-order valence-corrected chi connectivity index (χ1v) is 23.3. The van der Waals surface area contributed by atoms with Gasteiger partial charge in [0.05, 0.1) is 24.3 Å². The fraction of sp³-hybridized carbons (Fsp3) is 0.509. The summed E-state index contributed by atoms with van der Waals surface area (Å²) in [6, 6.07) is 18.5. The summed E-state index contributed by atoms with van der Waals surface area (Å²) in [5.41, 5.74) is 1.38. The maximum absolute atomic E-state index is 13.0. The first kappa shape index (κ1) is 52.0. The molecule has 63 heavy (non-hydrogen) atoms.